The van der Waals surface area contributed by atoms with Crippen molar-refractivity contribution in [2.45, 2.75) is 62.1 Å². The smallest absolute Gasteiger partial charge is 0.242 e. The number of nitrogens with zero attached hydrogens (tertiary/aromatic N) is 2. The maximum Gasteiger partial charge on any atom is 0.242 e. The van der Waals surface area contributed by atoms with E-state index in [0.29, 0.717) is 31.5 Å². The van der Waals surface area contributed by atoms with E-state index in [4.69, 9.17) is 10.5 Å². The lowest BCUT2D eigenvalue weighted by molar-refractivity contribution is -0.119. The fourth-order valence-corrected chi connectivity index (χ4v) is 8.22. The fourth-order valence-electron chi connectivity index (χ4n) is 6.42. The largest absolute Gasteiger partial charge is 0.384 e. The van der Waals surface area contributed by atoms with Crippen molar-refractivity contribution in [3.8, 4) is 0 Å². The molecule has 2 aliphatic rings. The van der Waals surface area contributed by atoms with Crippen LogP contribution in [0.15, 0.2) is 42.5 Å². The van der Waals surface area contributed by atoms with E-state index >= 15 is 4.39 Å². The number of ether oxygens (including phenoxy) is 1. The number of hydrogen-bond acceptors (Lipinski definition) is 6. The molecule has 2 aromatic carbocycles. The van der Waals surface area contributed by atoms with Gasteiger partial charge < -0.3 is 20.7 Å². The van der Waals surface area contributed by atoms with Crippen LogP contribution in [0.3, 0.4) is 0 Å². The van der Waals surface area contributed by atoms with Crippen LogP contribution in [-0.4, -0.2) is 87.9 Å². The van der Waals surface area contributed by atoms with Gasteiger partial charge in [-0.1, -0.05) is 18.2 Å². The number of nitrogens with two attached hydrogens (primary N) is 1. The van der Waals surface area contributed by atoms with Crippen molar-refractivity contribution in [3.63, 3.8) is 0 Å². The van der Waals surface area contributed by atoms with Gasteiger partial charge in [0.25, 0.3) is 0 Å². The topological polar surface area (TPSA) is 105 Å². The van der Waals surface area contributed by atoms with Crippen LogP contribution in [0.1, 0.15) is 43.2 Å². The van der Waals surface area contributed by atoms with Crippen molar-refractivity contribution in [2.75, 3.05) is 51.6 Å². The van der Waals surface area contributed by atoms with E-state index in [0.717, 1.165) is 6.42 Å². The molecular formula is C30H41F3N4O4S. The zero-order valence-corrected chi connectivity index (χ0v) is 25.0. The number of methoxy groups -OCH3 is 1. The van der Waals surface area contributed by atoms with Crippen molar-refractivity contribution in [1.82, 2.24) is 9.21 Å². The minimum Gasteiger partial charge on any atom is -0.384 e. The van der Waals surface area contributed by atoms with Crippen LogP contribution in [0, 0.1) is 11.6 Å². The number of carbonyl (C=O) groups excluding carboxylic acids is 1. The Morgan fingerprint density at radius 1 is 1.19 bits per heavy atom. The minimum atomic E-state index is -3.41. The molecule has 0 saturated carbocycles. The Bertz CT molecular complexity index is 1330. The third-order valence-electron chi connectivity index (χ3n) is 8.78. The molecule has 232 valence electrons. The maximum atomic E-state index is 15.2. The molecule has 2 bridgehead atoms. The SMILES string of the molecule is COCC(CCCF)(c1ccc(F)cc1)[C@H](N)C(=O)Nc1cccc(F)c1CC[C@H]1CN(C)C2CCCS(=O)(=O)N1C2. The number of hydrogen-bond donors (Lipinski definition) is 2. The molecule has 5 atom stereocenters. The number of fused-ring (bicyclic) bond motifs is 2. The summed E-state index contributed by atoms with van der Waals surface area (Å²) >= 11 is 0. The molecule has 0 radical (unpaired) electrons. The number of likely N-dealkylation sites (N-methyl/N-ethyl adjacent to an activating group) is 1. The highest BCUT2D eigenvalue weighted by molar-refractivity contribution is 7.89. The summed E-state index contributed by atoms with van der Waals surface area (Å²) in [4.78, 5) is 15.8. The Morgan fingerprint density at radius 3 is 2.62 bits per heavy atom. The van der Waals surface area contributed by atoms with Crippen molar-refractivity contribution >= 4 is 21.6 Å². The molecule has 2 heterocycles. The van der Waals surface area contributed by atoms with E-state index in [2.05, 4.69) is 10.2 Å². The summed E-state index contributed by atoms with van der Waals surface area (Å²) in [6, 6.07) is 8.46. The number of rotatable bonds is 12. The average molecular weight is 611 g/mol. The Morgan fingerprint density at radius 2 is 1.93 bits per heavy atom. The molecule has 3 unspecified atom stereocenters. The van der Waals surface area contributed by atoms with Crippen molar-refractivity contribution < 1.29 is 31.1 Å². The fraction of sp³-hybridized carbons (Fsp3) is 0.567. The summed E-state index contributed by atoms with van der Waals surface area (Å²) in [5.41, 5.74) is 6.39. The Labute approximate surface area is 246 Å². The van der Waals surface area contributed by atoms with Gasteiger partial charge in [-0.05, 0) is 75.4 Å². The van der Waals surface area contributed by atoms with Crippen LogP contribution in [0.25, 0.3) is 0 Å². The third kappa shape index (κ3) is 6.99. The lowest BCUT2D eigenvalue weighted by Gasteiger charge is -2.42. The highest BCUT2D eigenvalue weighted by Crippen LogP contribution is 2.35. The number of sulfonamides is 1. The van der Waals surface area contributed by atoms with Gasteiger partial charge in [-0.2, -0.15) is 4.31 Å². The molecule has 3 N–H and O–H groups in total. The molecule has 0 aliphatic carbocycles. The standard InChI is InChI=1S/C30H41F3N4O4S/c1-36-18-24(37-19-23(36)6-4-17-42(37,39)40)13-14-25-26(33)7-3-8-27(25)35-29(38)28(34)30(20-41-2,15-5-16-31)21-9-11-22(32)12-10-21/h3,7-12,23-24,28H,4-6,13-20,34H2,1-2H3,(H,35,38)/t23?,24-,28+,30?/m0/s1. The summed E-state index contributed by atoms with van der Waals surface area (Å²) in [7, 11) is 0.0151. The van der Waals surface area contributed by atoms with E-state index in [1.165, 1.54) is 43.5 Å². The van der Waals surface area contributed by atoms with Crippen LogP contribution < -0.4 is 11.1 Å². The van der Waals surface area contributed by atoms with Gasteiger partial charge in [0, 0.05) is 48.9 Å². The third-order valence-corrected chi connectivity index (χ3v) is 10.7. The van der Waals surface area contributed by atoms with Gasteiger partial charge in [0.2, 0.25) is 15.9 Å². The van der Waals surface area contributed by atoms with Crippen LogP contribution in [0.4, 0.5) is 18.9 Å². The number of carbonyl (C=O) groups is 1. The zero-order valence-electron chi connectivity index (χ0n) is 24.2. The highest BCUT2D eigenvalue weighted by atomic mass is 32.2. The van der Waals surface area contributed by atoms with Crippen LogP contribution >= 0.6 is 0 Å². The summed E-state index contributed by atoms with van der Waals surface area (Å²) in [6.07, 6.45) is 2.24. The van der Waals surface area contributed by atoms with Crippen molar-refractivity contribution in [1.29, 1.82) is 0 Å². The molecule has 8 nitrogen and oxygen atoms in total. The Kier molecular flexibility index (Phi) is 10.7. The summed E-state index contributed by atoms with van der Waals surface area (Å²) in [5, 5.41) is 2.77. The van der Waals surface area contributed by atoms with Crippen molar-refractivity contribution in [3.05, 3.63) is 65.2 Å². The van der Waals surface area contributed by atoms with Gasteiger partial charge in [0.15, 0.2) is 0 Å². The average Bonchev–Trinajstić information content (AvgIpc) is 3.09. The van der Waals surface area contributed by atoms with Crippen LogP contribution in [-0.2, 0) is 31.4 Å². The van der Waals surface area contributed by atoms with E-state index in [1.54, 1.807) is 10.4 Å². The van der Waals surface area contributed by atoms with E-state index in [-0.39, 0.29) is 55.0 Å². The maximum absolute atomic E-state index is 15.2. The van der Waals surface area contributed by atoms with Gasteiger partial charge >= 0.3 is 0 Å². The lowest BCUT2D eigenvalue weighted by atomic mass is 9.71. The molecule has 2 aliphatic heterocycles. The Balaban J connectivity index is 1.57. The first kappa shape index (κ1) is 32.4. The van der Waals surface area contributed by atoms with Gasteiger partial charge in [-0.15, -0.1) is 0 Å². The molecule has 2 aromatic rings. The molecule has 0 spiro atoms. The first-order valence-electron chi connectivity index (χ1n) is 14.4. The minimum absolute atomic E-state index is 0.0241. The predicted octanol–water partition coefficient (Wildman–Crippen LogP) is 3.61. The second kappa shape index (κ2) is 13.9. The zero-order chi connectivity index (χ0) is 30.5. The number of piperazine rings is 1. The first-order chi connectivity index (χ1) is 20.0. The molecule has 2 saturated heterocycles. The normalized spacial score (nSPS) is 24.4. The number of halogens is 3. The molecule has 2 fully saturated rings. The molecular weight excluding hydrogens is 569 g/mol. The Hall–Kier alpha value is -2.51. The number of alkyl halides is 1. The molecule has 1 amide bonds. The van der Waals surface area contributed by atoms with Crippen LogP contribution in [0.2, 0.25) is 0 Å². The molecule has 42 heavy (non-hydrogen) atoms. The quantitative estimate of drug-likeness (QED) is 0.381. The lowest BCUT2D eigenvalue weighted by Crippen LogP contribution is -2.57. The van der Waals surface area contributed by atoms with E-state index < -0.39 is 45.7 Å². The second-order valence-electron chi connectivity index (χ2n) is 11.4. The summed E-state index contributed by atoms with van der Waals surface area (Å²) in [6.45, 7) is 0.294. The van der Waals surface area contributed by atoms with Gasteiger partial charge in [-0.25, -0.2) is 17.2 Å². The summed E-state index contributed by atoms with van der Waals surface area (Å²) in [5.74, 6) is -1.52. The van der Waals surface area contributed by atoms with E-state index in [9.17, 15) is 22.0 Å². The number of nitrogens with one attached hydrogen (secondary N) is 1. The summed E-state index contributed by atoms with van der Waals surface area (Å²) < 4.78 is 75.2. The van der Waals surface area contributed by atoms with Crippen LogP contribution in [0.5, 0.6) is 0 Å². The first-order valence-corrected chi connectivity index (χ1v) is 16.0. The molecule has 4 rings (SSSR count). The van der Waals surface area contributed by atoms with Gasteiger partial charge in [-0.3, -0.25) is 9.18 Å². The second-order valence-corrected chi connectivity index (χ2v) is 13.5. The van der Waals surface area contributed by atoms with Gasteiger partial charge in [0.05, 0.1) is 25.1 Å². The molecule has 12 heteroatoms. The highest BCUT2D eigenvalue weighted by Gasteiger charge is 2.43. The number of anilines is 1. The predicted molar refractivity (Wildman–Crippen MR) is 156 cm³/mol. The number of benzene rings is 2. The molecule has 0 aromatic heterocycles. The van der Waals surface area contributed by atoms with Gasteiger partial charge in [0.1, 0.15) is 11.6 Å². The van der Waals surface area contributed by atoms with E-state index in [1.807, 2.05) is 7.05 Å². The van der Waals surface area contributed by atoms with Crippen molar-refractivity contribution in [2.24, 2.45) is 5.73 Å². The number of amides is 1. The monoisotopic (exact) mass is 610 g/mol.